The van der Waals surface area contributed by atoms with Crippen molar-refractivity contribution in [1.29, 1.82) is 0 Å². The molecule has 0 bridgehead atoms. The standard InChI is InChI=1S/C15H12F2N2O2S/c1-15(2,14(20)21)19-11-7-9(17)8(16)6-10(11)18-13(19)12-4-3-5-22-12/h3-7H,1-2H3,(H,20,21). The molecule has 0 amide bonds. The molecule has 0 atom stereocenters. The number of benzene rings is 1. The van der Waals surface area contributed by atoms with Crippen LogP contribution < -0.4 is 0 Å². The number of nitrogens with zero attached hydrogens (tertiary/aromatic N) is 2. The lowest BCUT2D eigenvalue weighted by atomic mass is 10.0. The Bertz CT molecular complexity index is 869. The molecule has 7 heteroatoms. The molecule has 22 heavy (non-hydrogen) atoms. The Morgan fingerprint density at radius 1 is 1.32 bits per heavy atom. The van der Waals surface area contributed by atoms with Gasteiger partial charge in [-0.25, -0.2) is 18.6 Å². The first kappa shape index (κ1) is 14.6. The van der Waals surface area contributed by atoms with Crippen LogP contribution in [0.25, 0.3) is 21.7 Å². The van der Waals surface area contributed by atoms with Crippen LogP contribution in [0.2, 0.25) is 0 Å². The first-order chi connectivity index (χ1) is 10.3. The van der Waals surface area contributed by atoms with E-state index in [1.807, 2.05) is 5.38 Å². The highest BCUT2D eigenvalue weighted by Crippen LogP contribution is 2.34. The zero-order chi connectivity index (χ0) is 16.1. The SMILES string of the molecule is CC(C)(C(=O)O)n1c(-c2cccs2)nc2cc(F)c(F)cc21. The van der Waals surface area contributed by atoms with Crippen molar-refractivity contribution in [2.45, 2.75) is 19.4 Å². The number of halogens is 2. The molecule has 114 valence electrons. The molecular weight excluding hydrogens is 310 g/mol. The zero-order valence-electron chi connectivity index (χ0n) is 11.8. The van der Waals surface area contributed by atoms with Crippen molar-refractivity contribution in [3.63, 3.8) is 0 Å². The average molecular weight is 322 g/mol. The van der Waals surface area contributed by atoms with Gasteiger partial charge in [0.1, 0.15) is 5.54 Å². The summed E-state index contributed by atoms with van der Waals surface area (Å²) < 4.78 is 28.5. The third-order valence-corrected chi connectivity index (χ3v) is 4.39. The molecule has 4 nitrogen and oxygen atoms in total. The van der Waals surface area contributed by atoms with Crippen LogP contribution in [0.4, 0.5) is 8.78 Å². The summed E-state index contributed by atoms with van der Waals surface area (Å²) in [7, 11) is 0. The van der Waals surface area contributed by atoms with Gasteiger partial charge >= 0.3 is 5.97 Å². The van der Waals surface area contributed by atoms with Crippen LogP contribution in [0.1, 0.15) is 13.8 Å². The summed E-state index contributed by atoms with van der Waals surface area (Å²) >= 11 is 1.38. The second-order valence-electron chi connectivity index (χ2n) is 5.37. The summed E-state index contributed by atoms with van der Waals surface area (Å²) in [5.41, 5.74) is -0.899. The van der Waals surface area contributed by atoms with Gasteiger partial charge in [-0.15, -0.1) is 11.3 Å². The Balaban J connectivity index is 2.42. The van der Waals surface area contributed by atoms with Crippen LogP contribution in [-0.4, -0.2) is 20.6 Å². The van der Waals surface area contributed by atoms with Crippen LogP contribution in [0.5, 0.6) is 0 Å². The average Bonchev–Trinajstić information content (AvgIpc) is 3.06. The lowest BCUT2D eigenvalue weighted by Crippen LogP contribution is -2.36. The summed E-state index contributed by atoms with van der Waals surface area (Å²) in [6, 6.07) is 5.56. The monoisotopic (exact) mass is 322 g/mol. The van der Waals surface area contributed by atoms with Crippen molar-refractivity contribution in [2.24, 2.45) is 0 Å². The van der Waals surface area contributed by atoms with E-state index >= 15 is 0 Å². The number of rotatable bonds is 3. The van der Waals surface area contributed by atoms with Crippen molar-refractivity contribution >= 4 is 28.3 Å². The van der Waals surface area contributed by atoms with Crippen molar-refractivity contribution < 1.29 is 18.7 Å². The predicted octanol–water partition coefficient (Wildman–Crippen LogP) is 3.86. The van der Waals surface area contributed by atoms with E-state index in [2.05, 4.69) is 4.98 Å². The fourth-order valence-electron chi connectivity index (χ4n) is 2.31. The van der Waals surface area contributed by atoms with E-state index in [9.17, 15) is 18.7 Å². The van der Waals surface area contributed by atoms with Gasteiger partial charge in [-0.3, -0.25) is 0 Å². The maximum atomic E-state index is 13.6. The molecule has 2 heterocycles. The normalized spacial score (nSPS) is 12.0. The summed E-state index contributed by atoms with van der Waals surface area (Å²) in [6.45, 7) is 2.99. The lowest BCUT2D eigenvalue weighted by molar-refractivity contribution is -0.145. The van der Waals surface area contributed by atoms with E-state index in [1.54, 1.807) is 12.1 Å². The molecule has 2 aromatic heterocycles. The number of aliphatic carboxylic acids is 1. The van der Waals surface area contributed by atoms with Crippen LogP contribution >= 0.6 is 11.3 Å². The highest BCUT2D eigenvalue weighted by atomic mass is 32.1. The number of fused-ring (bicyclic) bond motifs is 1. The zero-order valence-corrected chi connectivity index (χ0v) is 12.6. The molecular formula is C15H12F2N2O2S. The van der Waals surface area contributed by atoms with E-state index in [-0.39, 0.29) is 11.0 Å². The van der Waals surface area contributed by atoms with Crippen LogP contribution in [0.15, 0.2) is 29.6 Å². The molecule has 0 aliphatic heterocycles. The van der Waals surface area contributed by atoms with E-state index in [1.165, 1.54) is 29.8 Å². The van der Waals surface area contributed by atoms with Crippen molar-refractivity contribution in [1.82, 2.24) is 9.55 Å². The molecule has 0 saturated carbocycles. The number of carboxylic acid groups (broad SMARTS) is 1. The minimum atomic E-state index is -1.36. The van der Waals surface area contributed by atoms with Crippen LogP contribution in [-0.2, 0) is 10.3 Å². The van der Waals surface area contributed by atoms with Gasteiger partial charge in [0.15, 0.2) is 17.5 Å². The number of carbonyl (C=O) groups is 1. The van der Waals surface area contributed by atoms with Gasteiger partial charge in [-0.05, 0) is 25.3 Å². The maximum absolute atomic E-state index is 13.6. The highest BCUT2D eigenvalue weighted by molar-refractivity contribution is 7.13. The quantitative estimate of drug-likeness (QED) is 0.796. The van der Waals surface area contributed by atoms with Gasteiger partial charge in [-0.1, -0.05) is 6.07 Å². The molecule has 0 aliphatic rings. The molecule has 0 radical (unpaired) electrons. The fourth-order valence-corrected chi connectivity index (χ4v) is 3.01. The molecule has 3 aromatic rings. The summed E-state index contributed by atoms with van der Waals surface area (Å²) in [6.07, 6.45) is 0. The van der Waals surface area contributed by atoms with Gasteiger partial charge in [0.25, 0.3) is 0 Å². The summed E-state index contributed by atoms with van der Waals surface area (Å²) in [5.74, 6) is -2.76. The second-order valence-corrected chi connectivity index (χ2v) is 6.32. The van der Waals surface area contributed by atoms with Crippen LogP contribution in [0, 0.1) is 11.6 Å². The number of carboxylic acids is 1. The molecule has 1 aromatic carbocycles. The Morgan fingerprint density at radius 2 is 2.00 bits per heavy atom. The van der Waals surface area contributed by atoms with E-state index in [0.29, 0.717) is 5.82 Å². The first-order valence-electron chi connectivity index (χ1n) is 6.47. The molecule has 3 rings (SSSR count). The fraction of sp³-hybridized carbons (Fsp3) is 0.200. The molecule has 1 N–H and O–H groups in total. The molecule has 0 fully saturated rings. The van der Waals surface area contributed by atoms with Crippen molar-refractivity contribution in [2.75, 3.05) is 0 Å². The summed E-state index contributed by atoms with van der Waals surface area (Å²) in [4.78, 5) is 16.7. The topological polar surface area (TPSA) is 55.1 Å². The van der Waals surface area contributed by atoms with Gasteiger partial charge in [0, 0.05) is 12.1 Å². The molecule has 0 saturated heterocycles. The number of thiophene rings is 1. The first-order valence-corrected chi connectivity index (χ1v) is 7.35. The van der Waals surface area contributed by atoms with E-state index in [0.717, 1.165) is 17.0 Å². The number of aromatic nitrogens is 2. The number of imidazole rings is 1. The van der Waals surface area contributed by atoms with Gasteiger partial charge in [0.05, 0.1) is 15.9 Å². The minimum absolute atomic E-state index is 0.219. The largest absolute Gasteiger partial charge is 0.480 e. The van der Waals surface area contributed by atoms with Crippen LogP contribution in [0.3, 0.4) is 0 Å². The van der Waals surface area contributed by atoms with Gasteiger partial charge < -0.3 is 9.67 Å². The van der Waals surface area contributed by atoms with Crippen molar-refractivity contribution in [3.05, 3.63) is 41.3 Å². The third kappa shape index (κ3) is 2.09. The Kier molecular flexibility index (Phi) is 3.25. The molecule has 0 unspecified atom stereocenters. The molecule has 0 aliphatic carbocycles. The van der Waals surface area contributed by atoms with E-state index < -0.39 is 23.1 Å². The lowest BCUT2D eigenvalue weighted by Gasteiger charge is -2.24. The predicted molar refractivity (Wildman–Crippen MR) is 79.9 cm³/mol. The van der Waals surface area contributed by atoms with Gasteiger partial charge in [-0.2, -0.15) is 0 Å². The highest BCUT2D eigenvalue weighted by Gasteiger charge is 2.34. The summed E-state index contributed by atoms with van der Waals surface area (Å²) in [5, 5.41) is 11.3. The smallest absolute Gasteiger partial charge is 0.329 e. The minimum Gasteiger partial charge on any atom is -0.480 e. The van der Waals surface area contributed by atoms with E-state index in [4.69, 9.17) is 0 Å². The number of hydrogen-bond acceptors (Lipinski definition) is 3. The maximum Gasteiger partial charge on any atom is 0.329 e. The Morgan fingerprint density at radius 3 is 2.59 bits per heavy atom. The third-order valence-electron chi connectivity index (χ3n) is 3.52. The second kappa shape index (κ2) is 4.88. The Labute approximate surface area is 128 Å². The van der Waals surface area contributed by atoms with Crippen molar-refractivity contribution in [3.8, 4) is 10.7 Å². The van der Waals surface area contributed by atoms with Gasteiger partial charge in [0.2, 0.25) is 0 Å². The Hall–Kier alpha value is -2.28. The number of hydrogen-bond donors (Lipinski definition) is 1. The molecule has 0 spiro atoms.